The Hall–Kier alpha value is -2.24. The molecule has 0 spiro atoms. The third-order valence-corrected chi connectivity index (χ3v) is 4.55. The summed E-state index contributed by atoms with van der Waals surface area (Å²) in [6, 6.07) is 7.77. The standard InChI is InChI=1S/C22H34N2O4/c1-16(2)27-19-9-7-6-8-18(19)15-23-20(25)14-17-10-12-24(13-11-17)21(26)28-22(3,4)5/h6-9,16-17H,10-15H2,1-5H3,(H,23,25). The Morgan fingerprint density at radius 1 is 1.18 bits per heavy atom. The highest BCUT2D eigenvalue weighted by Gasteiger charge is 2.27. The molecular formula is C22H34N2O4. The minimum Gasteiger partial charge on any atom is -0.491 e. The number of nitrogens with zero attached hydrogens (tertiary/aromatic N) is 1. The molecule has 0 unspecified atom stereocenters. The van der Waals surface area contributed by atoms with Gasteiger partial charge in [0, 0.05) is 31.6 Å². The Morgan fingerprint density at radius 2 is 1.82 bits per heavy atom. The van der Waals surface area contributed by atoms with Gasteiger partial charge in [-0.25, -0.2) is 4.79 Å². The molecule has 1 aliphatic heterocycles. The van der Waals surface area contributed by atoms with Gasteiger partial charge in [-0.2, -0.15) is 0 Å². The number of ether oxygens (including phenoxy) is 2. The van der Waals surface area contributed by atoms with Crippen LogP contribution in [-0.4, -0.2) is 41.7 Å². The molecule has 1 aromatic rings. The van der Waals surface area contributed by atoms with E-state index in [2.05, 4.69) is 5.32 Å². The lowest BCUT2D eigenvalue weighted by Gasteiger charge is -2.33. The first-order valence-corrected chi connectivity index (χ1v) is 10.1. The van der Waals surface area contributed by atoms with E-state index in [0.717, 1.165) is 24.2 Å². The predicted molar refractivity (Wildman–Crippen MR) is 109 cm³/mol. The zero-order chi connectivity index (χ0) is 20.7. The van der Waals surface area contributed by atoms with Crippen molar-refractivity contribution in [3.63, 3.8) is 0 Å². The number of amides is 2. The van der Waals surface area contributed by atoms with Crippen molar-refractivity contribution in [3.8, 4) is 5.75 Å². The molecule has 2 amide bonds. The molecule has 0 atom stereocenters. The highest BCUT2D eigenvalue weighted by molar-refractivity contribution is 5.76. The van der Waals surface area contributed by atoms with Crippen molar-refractivity contribution in [2.24, 2.45) is 5.92 Å². The molecule has 1 aliphatic rings. The first-order chi connectivity index (χ1) is 13.1. The smallest absolute Gasteiger partial charge is 0.410 e. The van der Waals surface area contributed by atoms with E-state index in [9.17, 15) is 9.59 Å². The first-order valence-electron chi connectivity index (χ1n) is 10.1. The predicted octanol–water partition coefficient (Wildman–Crippen LogP) is 4.13. The number of likely N-dealkylation sites (tertiary alicyclic amines) is 1. The monoisotopic (exact) mass is 390 g/mol. The van der Waals surface area contributed by atoms with Crippen LogP contribution in [0.4, 0.5) is 4.79 Å². The molecule has 2 rings (SSSR count). The van der Waals surface area contributed by atoms with Crippen molar-refractivity contribution >= 4 is 12.0 Å². The van der Waals surface area contributed by atoms with Crippen LogP contribution in [0.5, 0.6) is 5.75 Å². The molecule has 0 radical (unpaired) electrons. The van der Waals surface area contributed by atoms with Gasteiger partial charge in [0.25, 0.3) is 0 Å². The average molecular weight is 391 g/mol. The Labute approximate surface area is 168 Å². The van der Waals surface area contributed by atoms with Crippen molar-refractivity contribution in [2.45, 2.75) is 72.1 Å². The van der Waals surface area contributed by atoms with E-state index in [1.54, 1.807) is 4.90 Å². The van der Waals surface area contributed by atoms with Crippen molar-refractivity contribution in [3.05, 3.63) is 29.8 Å². The fourth-order valence-electron chi connectivity index (χ4n) is 3.19. The maximum atomic E-state index is 12.4. The van der Waals surface area contributed by atoms with Crippen molar-refractivity contribution < 1.29 is 19.1 Å². The summed E-state index contributed by atoms with van der Waals surface area (Å²) in [5.41, 5.74) is 0.493. The second-order valence-corrected chi connectivity index (χ2v) is 8.67. The molecule has 1 fully saturated rings. The van der Waals surface area contributed by atoms with E-state index in [4.69, 9.17) is 9.47 Å². The summed E-state index contributed by atoms with van der Waals surface area (Å²) in [7, 11) is 0. The van der Waals surface area contributed by atoms with Crippen molar-refractivity contribution in [1.82, 2.24) is 10.2 Å². The van der Waals surface area contributed by atoms with Crippen LogP contribution in [0.15, 0.2) is 24.3 Å². The molecule has 6 nitrogen and oxygen atoms in total. The number of para-hydroxylation sites is 1. The number of benzene rings is 1. The number of rotatable bonds is 6. The molecule has 1 heterocycles. The summed E-state index contributed by atoms with van der Waals surface area (Å²) in [6.45, 7) is 11.3. The van der Waals surface area contributed by atoms with E-state index < -0.39 is 5.60 Å². The normalized spacial score (nSPS) is 15.4. The van der Waals surface area contributed by atoms with Crippen molar-refractivity contribution in [2.75, 3.05) is 13.1 Å². The number of hydrogen-bond donors (Lipinski definition) is 1. The lowest BCUT2D eigenvalue weighted by atomic mass is 9.93. The molecule has 1 aromatic carbocycles. The Morgan fingerprint density at radius 3 is 2.43 bits per heavy atom. The number of nitrogens with one attached hydrogen (secondary N) is 1. The molecule has 0 aliphatic carbocycles. The first kappa shape index (κ1) is 22.1. The fourth-order valence-corrected chi connectivity index (χ4v) is 3.19. The van der Waals surface area contributed by atoms with E-state index >= 15 is 0 Å². The minimum atomic E-state index is -0.483. The Balaban J connectivity index is 1.76. The van der Waals surface area contributed by atoms with Gasteiger partial charge in [0.15, 0.2) is 0 Å². The molecule has 156 valence electrons. The Kier molecular flexibility index (Phi) is 7.72. The summed E-state index contributed by atoms with van der Waals surface area (Å²) < 4.78 is 11.2. The number of carbonyl (C=O) groups excluding carboxylic acids is 2. The van der Waals surface area contributed by atoms with Gasteiger partial charge in [0.1, 0.15) is 11.4 Å². The van der Waals surface area contributed by atoms with Gasteiger partial charge in [-0.1, -0.05) is 18.2 Å². The van der Waals surface area contributed by atoms with Crippen LogP contribution in [0.25, 0.3) is 0 Å². The zero-order valence-corrected chi connectivity index (χ0v) is 17.8. The molecule has 1 N–H and O–H groups in total. The topological polar surface area (TPSA) is 67.9 Å². The van der Waals surface area contributed by atoms with Crippen LogP contribution in [0, 0.1) is 5.92 Å². The Bertz CT molecular complexity index is 659. The van der Waals surface area contributed by atoms with Gasteiger partial charge >= 0.3 is 6.09 Å². The van der Waals surface area contributed by atoms with Gasteiger partial charge in [0.2, 0.25) is 5.91 Å². The quantitative estimate of drug-likeness (QED) is 0.793. The van der Waals surface area contributed by atoms with Gasteiger partial charge in [-0.15, -0.1) is 0 Å². The highest BCUT2D eigenvalue weighted by Crippen LogP contribution is 2.23. The summed E-state index contributed by atoms with van der Waals surface area (Å²) in [6.07, 6.45) is 1.94. The number of piperidine rings is 1. The lowest BCUT2D eigenvalue weighted by Crippen LogP contribution is -2.42. The molecular weight excluding hydrogens is 356 g/mol. The molecule has 0 aromatic heterocycles. The lowest BCUT2D eigenvalue weighted by molar-refractivity contribution is -0.122. The van der Waals surface area contributed by atoms with Crippen LogP contribution in [0.1, 0.15) is 59.4 Å². The van der Waals surface area contributed by atoms with Crippen LogP contribution in [-0.2, 0) is 16.1 Å². The fraction of sp³-hybridized carbons (Fsp3) is 0.636. The molecule has 6 heteroatoms. The van der Waals surface area contributed by atoms with Gasteiger partial charge in [0.05, 0.1) is 6.10 Å². The van der Waals surface area contributed by atoms with E-state index in [0.29, 0.717) is 32.0 Å². The van der Waals surface area contributed by atoms with Crippen LogP contribution < -0.4 is 10.1 Å². The van der Waals surface area contributed by atoms with E-state index in [1.165, 1.54) is 0 Å². The maximum Gasteiger partial charge on any atom is 0.410 e. The van der Waals surface area contributed by atoms with Crippen LogP contribution in [0.3, 0.4) is 0 Å². The van der Waals surface area contributed by atoms with Gasteiger partial charge in [-0.3, -0.25) is 4.79 Å². The van der Waals surface area contributed by atoms with E-state index in [1.807, 2.05) is 58.9 Å². The zero-order valence-electron chi connectivity index (χ0n) is 17.8. The largest absolute Gasteiger partial charge is 0.491 e. The average Bonchev–Trinajstić information content (AvgIpc) is 2.59. The number of carbonyl (C=O) groups is 2. The maximum absolute atomic E-state index is 12.4. The molecule has 1 saturated heterocycles. The van der Waals surface area contributed by atoms with Crippen molar-refractivity contribution in [1.29, 1.82) is 0 Å². The third kappa shape index (κ3) is 7.41. The highest BCUT2D eigenvalue weighted by atomic mass is 16.6. The van der Waals surface area contributed by atoms with E-state index in [-0.39, 0.29) is 18.1 Å². The van der Waals surface area contributed by atoms with Gasteiger partial charge in [-0.05, 0) is 59.4 Å². The summed E-state index contributed by atoms with van der Waals surface area (Å²) in [4.78, 5) is 26.2. The van der Waals surface area contributed by atoms with Crippen LogP contribution >= 0.6 is 0 Å². The SMILES string of the molecule is CC(C)Oc1ccccc1CNC(=O)CC1CCN(C(=O)OC(C)(C)C)CC1. The second kappa shape index (κ2) is 9.80. The summed E-state index contributed by atoms with van der Waals surface area (Å²) in [5.74, 6) is 1.14. The summed E-state index contributed by atoms with van der Waals surface area (Å²) in [5, 5.41) is 3.00. The minimum absolute atomic E-state index is 0.0371. The molecule has 0 saturated carbocycles. The summed E-state index contributed by atoms with van der Waals surface area (Å²) >= 11 is 0. The molecule has 0 bridgehead atoms. The third-order valence-electron chi connectivity index (χ3n) is 4.55. The molecule has 28 heavy (non-hydrogen) atoms. The second-order valence-electron chi connectivity index (χ2n) is 8.67. The van der Waals surface area contributed by atoms with Crippen LogP contribution in [0.2, 0.25) is 0 Å². The van der Waals surface area contributed by atoms with Gasteiger partial charge < -0.3 is 19.7 Å². The number of hydrogen-bond acceptors (Lipinski definition) is 4.